The number of likely N-dealkylation sites (tertiary alicyclic amines) is 1. The first kappa shape index (κ1) is 15.9. The summed E-state index contributed by atoms with van der Waals surface area (Å²) in [7, 11) is 0. The summed E-state index contributed by atoms with van der Waals surface area (Å²) in [6.07, 6.45) is 3.95. The van der Waals surface area contributed by atoms with E-state index in [4.69, 9.17) is 18.0 Å². The Morgan fingerprint density at radius 3 is 2.90 bits per heavy atom. The van der Waals surface area contributed by atoms with Crippen LogP contribution < -0.4 is 11.1 Å². The summed E-state index contributed by atoms with van der Waals surface area (Å²) in [6, 6.07) is 8.03. The lowest BCUT2D eigenvalue weighted by atomic mass is 10.1. The maximum Gasteiger partial charge on any atom is 0.224 e. The first-order valence-electron chi connectivity index (χ1n) is 7.50. The molecule has 1 aliphatic rings. The van der Waals surface area contributed by atoms with Crippen LogP contribution in [-0.2, 0) is 4.79 Å². The molecule has 0 radical (unpaired) electrons. The number of para-hydroxylation sites is 1. The van der Waals surface area contributed by atoms with Crippen LogP contribution in [0.3, 0.4) is 0 Å². The van der Waals surface area contributed by atoms with E-state index in [1.165, 1.54) is 12.8 Å². The molecule has 1 saturated heterocycles. The van der Waals surface area contributed by atoms with Gasteiger partial charge in [0, 0.05) is 18.0 Å². The van der Waals surface area contributed by atoms with E-state index >= 15 is 0 Å². The molecule has 5 heteroatoms. The van der Waals surface area contributed by atoms with E-state index < -0.39 is 0 Å². The van der Waals surface area contributed by atoms with Crippen LogP contribution in [0.4, 0.5) is 5.69 Å². The van der Waals surface area contributed by atoms with Crippen LogP contribution in [0, 0.1) is 0 Å². The Labute approximate surface area is 131 Å². The van der Waals surface area contributed by atoms with Crippen molar-refractivity contribution in [1.29, 1.82) is 0 Å². The largest absolute Gasteiger partial charge is 0.389 e. The number of carbonyl (C=O) groups excluding carboxylic acids is 1. The number of hydrogen-bond acceptors (Lipinski definition) is 3. The highest BCUT2D eigenvalue weighted by molar-refractivity contribution is 7.80. The molecule has 1 aromatic carbocycles. The van der Waals surface area contributed by atoms with E-state index in [9.17, 15) is 4.79 Å². The second-order valence-corrected chi connectivity index (χ2v) is 6.03. The molecule has 0 saturated carbocycles. The maximum atomic E-state index is 12.0. The molecule has 1 aromatic rings. The summed E-state index contributed by atoms with van der Waals surface area (Å²) in [5.74, 6) is 0.0190. The van der Waals surface area contributed by atoms with Crippen molar-refractivity contribution >= 4 is 28.8 Å². The number of nitrogens with zero attached hydrogens (tertiary/aromatic N) is 1. The predicted molar refractivity (Wildman–Crippen MR) is 90.5 cm³/mol. The number of amides is 1. The molecule has 1 unspecified atom stereocenters. The van der Waals surface area contributed by atoms with Crippen LogP contribution in [0.15, 0.2) is 24.3 Å². The van der Waals surface area contributed by atoms with Gasteiger partial charge in [0.25, 0.3) is 0 Å². The number of thiocarbonyl (C=S) groups is 1. The van der Waals surface area contributed by atoms with Crippen molar-refractivity contribution in [3.05, 3.63) is 29.8 Å². The number of rotatable bonds is 6. The fraction of sp³-hybridized carbons (Fsp3) is 0.500. The molecule has 0 spiro atoms. The third-order valence-electron chi connectivity index (χ3n) is 4.01. The van der Waals surface area contributed by atoms with E-state index in [-0.39, 0.29) is 5.91 Å². The number of nitrogens with one attached hydrogen (secondary N) is 1. The molecule has 4 nitrogen and oxygen atoms in total. The molecule has 1 heterocycles. The molecule has 1 fully saturated rings. The monoisotopic (exact) mass is 305 g/mol. The third kappa shape index (κ3) is 4.51. The van der Waals surface area contributed by atoms with Crippen LogP contribution in [0.1, 0.15) is 38.2 Å². The Morgan fingerprint density at radius 1 is 1.48 bits per heavy atom. The fourth-order valence-electron chi connectivity index (χ4n) is 2.79. The summed E-state index contributed by atoms with van der Waals surface area (Å²) in [5.41, 5.74) is 7.08. The first-order chi connectivity index (χ1) is 10.1. The summed E-state index contributed by atoms with van der Waals surface area (Å²) in [6.45, 7) is 4.41. The quantitative estimate of drug-likeness (QED) is 0.793. The van der Waals surface area contributed by atoms with Crippen LogP contribution in [0.2, 0.25) is 0 Å². The molecule has 2 rings (SSSR count). The number of nitrogens with two attached hydrogens (primary N) is 1. The second-order valence-electron chi connectivity index (χ2n) is 5.59. The first-order valence-corrected chi connectivity index (χ1v) is 7.91. The van der Waals surface area contributed by atoms with Gasteiger partial charge >= 0.3 is 0 Å². The topological polar surface area (TPSA) is 58.4 Å². The van der Waals surface area contributed by atoms with Crippen molar-refractivity contribution in [3.63, 3.8) is 0 Å². The van der Waals surface area contributed by atoms with Crippen LogP contribution in [0.5, 0.6) is 0 Å². The Morgan fingerprint density at radius 2 is 2.24 bits per heavy atom. The molecule has 1 aliphatic heterocycles. The molecule has 21 heavy (non-hydrogen) atoms. The van der Waals surface area contributed by atoms with Gasteiger partial charge in [-0.25, -0.2) is 0 Å². The highest BCUT2D eigenvalue weighted by atomic mass is 32.1. The molecular formula is C16H23N3OS. The Kier molecular flexibility index (Phi) is 5.70. The zero-order chi connectivity index (χ0) is 15.2. The standard InChI is InChI=1S/C16H23N3OS/c1-12-6-4-10-19(12)11-5-9-15(20)18-14-8-3-2-7-13(14)16(17)21/h2-3,7-8,12H,4-6,9-11H2,1H3,(H2,17,21)(H,18,20). The SMILES string of the molecule is CC1CCCN1CCCC(=O)Nc1ccccc1C(N)=S. The Bertz CT molecular complexity index is 518. The summed E-state index contributed by atoms with van der Waals surface area (Å²) in [5, 5.41) is 2.90. The minimum absolute atomic E-state index is 0.0190. The number of hydrogen-bond donors (Lipinski definition) is 2. The molecular weight excluding hydrogens is 282 g/mol. The molecule has 0 bridgehead atoms. The van der Waals surface area contributed by atoms with E-state index in [2.05, 4.69) is 17.1 Å². The Balaban J connectivity index is 1.81. The van der Waals surface area contributed by atoms with Gasteiger partial charge in [-0.3, -0.25) is 4.79 Å². The lowest BCUT2D eigenvalue weighted by Crippen LogP contribution is -2.28. The minimum atomic E-state index is 0.0190. The average Bonchev–Trinajstić information content (AvgIpc) is 2.85. The van der Waals surface area contributed by atoms with Gasteiger partial charge in [0.15, 0.2) is 0 Å². The lowest BCUT2D eigenvalue weighted by molar-refractivity contribution is -0.116. The number of benzene rings is 1. The molecule has 0 aliphatic carbocycles. The summed E-state index contributed by atoms with van der Waals surface area (Å²) >= 11 is 5.00. The third-order valence-corrected chi connectivity index (χ3v) is 4.23. The molecule has 1 amide bonds. The van der Waals surface area contributed by atoms with Crippen LogP contribution in [-0.4, -0.2) is 34.9 Å². The van der Waals surface area contributed by atoms with Crippen molar-refractivity contribution in [3.8, 4) is 0 Å². The van der Waals surface area contributed by atoms with Gasteiger partial charge in [-0.1, -0.05) is 24.4 Å². The van der Waals surface area contributed by atoms with Gasteiger partial charge < -0.3 is 16.0 Å². The van der Waals surface area contributed by atoms with E-state index in [0.29, 0.717) is 28.7 Å². The van der Waals surface area contributed by atoms with Gasteiger partial charge in [0.1, 0.15) is 4.99 Å². The summed E-state index contributed by atoms with van der Waals surface area (Å²) < 4.78 is 0. The fourth-order valence-corrected chi connectivity index (χ4v) is 2.97. The van der Waals surface area contributed by atoms with E-state index in [1.54, 1.807) is 0 Å². The highest BCUT2D eigenvalue weighted by Crippen LogP contribution is 2.18. The zero-order valence-electron chi connectivity index (χ0n) is 12.5. The van der Waals surface area contributed by atoms with Crippen molar-refractivity contribution < 1.29 is 4.79 Å². The highest BCUT2D eigenvalue weighted by Gasteiger charge is 2.19. The van der Waals surface area contributed by atoms with Gasteiger partial charge in [0.2, 0.25) is 5.91 Å². The summed E-state index contributed by atoms with van der Waals surface area (Å²) in [4.78, 5) is 14.8. The van der Waals surface area contributed by atoms with Crippen molar-refractivity contribution in [2.75, 3.05) is 18.4 Å². The van der Waals surface area contributed by atoms with Crippen molar-refractivity contribution in [1.82, 2.24) is 4.90 Å². The average molecular weight is 305 g/mol. The normalized spacial score (nSPS) is 18.6. The maximum absolute atomic E-state index is 12.0. The van der Waals surface area contributed by atoms with Crippen LogP contribution >= 0.6 is 12.2 Å². The van der Waals surface area contributed by atoms with Gasteiger partial charge in [-0.15, -0.1) is 0 Å². The smallest absolute Gasteiger partial charge is 0.224 e. The zero-order valence-corrected chi connectivity index (χ0v) is 13.3. The van der Waals surface area contributed by atoms with Gasteiger partial charge in [0.05, 0.1) is 5.69 Å². The molecule has 114 valence electrons. The number of carbonyl (C=O) groups is 1. The number of anilines is 1. The second kappa shape index (κ2) is 7.52. The van der Waals surface area contributed by atoms with Crippen molar-refractivity contribution in [2.24, 2.45) is 5.73 Å². The Hall–Kier alpha value is -1.46. The molecule has 1 atom stereocenters. The predicted octanol–water partition coefficient (Wildman–Crippen LogP) is 2.52. The van der Waals surface area contributed by atoms with Gasteiger partial charge in [-0.2, -0.15) is 0 Å². The minimum Gasteiger partial charge on any atom is -0.389 e. The van der Waals surface area contributed by atoms with E-state index in [0.717, 1.165) is 19.5 Å². The van der Waals surface area contributed by atoms with Gasteiger partial charge in [-0.05, 0) is 51.4 Å². The molecule has 0 aromatic heterocycles. The van der Waals surface area contributed by atoms with Crippen LogP contribution in [0.25, 0.3) is 0 Å². The van der Waals surface area contributed by atoms with Crippen molar-refractivity contribution in [2.45, 2.75) is 38.6 Å². The molecule has 3 N–H and O–H groups in total. The van der Waals surface area contributed by atoms with E-state index in [1.807, 2.05) is 24.3 Å². The lowest BCUT2D eigenvalue weighted by Gasteiger charge is -2.20.